The van der Waals surface area contributed by atoms with E-state index in [1.54, 1.807) is 20.8 Å². The first kappa shape index (κ1) is 17.9. The van der Waals surface area contributed by atoms with Crippen LogP contribution in [0, 0.1) is 0 Å². The van der Waals surface area contributed by atoms with Crippen LogP contribution in [0.5, 0.6) is 0 Å². The topological polar surface area (TPSA) is 98.5 Å². The molecule has 0 fully saturated rings. The van der Waals surface area contributed by atoms with Crippen molar-refractivity contribution in [2.24, 2.45) is 5.73 Å². The molecule has 6 nitrogen and oxygen atoms in total. The number of Topliss-reactive ketones (excluding diaryl/α,β-unsaturated/α-hetero) is 2. The molecule has 0 aliphatic carbocycles. The Hall–Kier alpha value is -1.43. The van der Waals surface area contributed by atoms with Gasteiger partial charge in [0.15, 0.2) is 0 Å². The van der Waals surface area contributed by atoms with E-state index in [1.165, 1.54) is 13.8 Å². The summed E-state index contributed by atoms with van der Waals surface area (Å²) in [5.41, 5.74) is 4.31. The molecular formula is C11H22N2O4. The van der Waals surface area contributed by atoms with E-state index < -0.39 is 11.7 Å². The van der Waals surface area contributed by atoms with E-state index in [1.807, 2.05) is 0 Å². The van der Waals surface area contributed by atoms with Crippen LogP contribution < -0.4 is 11.1 Å². The molecule has 1 amide bonds. The molecule has 0 unspecified atom stereocenters. The Balaban J connectivity index is 0. The number of nitrogens with one attached hydrogen (secondary N) is 1. The Kier molecular flexibility index (Phi) is 9.18. The third kappa shape index (κ3) is 20.6. The van der Waals surface area contributed by atoms with Gasteiger partial charge in [0.05, 0.1) is 13.1 Å². The van der Waals surface area contributed by atoms with Crippen LogP contribution in [0.4, 0.5) is 4.79 Å². The first-order valence-electron chi connectivity index (χ1n) is 5.24. The number of hydrogen-bond donors (Lipinski definition) is 2. The standard InChI is InChI=1S/C8H15NO3.C3H7NO/c1-6(10)5-9-7(11)12-8(2,3)4;1-3(5)2-4/h5H2,1-4H3,(H,9,11);2,4H2,1H3. The number of nitrogens with two attached hydrogens (primary N) is 1. The zero-order valence-electron chi connectivity index (χ0n) is 11.1. The zero-order chi connectivity index (χ0) is 14.1. The zero-order valence-corrected chi connectivity index (χ0v) is 11.1. The number of ether oxygens (including phenoxy) is 1. The molecule has 0 spiro atoms. The minimum Gasteiger partial charge on any atom is -0.444 e. The fourth-order valence-corrected chi connectivity index (χ4v) is 0.511. The van der Waals surface area contributed by atoms with Gasteiger partial charge in [-0.3, -0.25) is 9.59 Å². The van der Waals surface area contributed by atoms with E-state index in [4.69, 9.17) is 10.5 Å². The van der Waals surface area contributed by atoms with Crippen molar-refractivity contribution in [3.63, 3.8) is 0 Å². The molecule has 0 bridgehead atoms. The molecule has 0 aromatic heterocycles. The maximum Gasteiger partial charge on any atom is 0.408 e. The Labute approximate surface area is 102 Å². The van der Waals surface area contributed by atoms with Crippen LogP contribution in [0.15, 0.2) is 0 Å². The van der Waals surface area contributed by atoms with Crippen molar-refractivity contribution in [3.05, 3.63) is 0 Å². The molecule has 0 aliphatic heterocycles. The van der Waals surface area contributed by atoms with E-state index in [0.717, 1.165) is 0 Å². The van der Waals surface area contributed by atoms with Crippen molar-refractivity contribution in [3.8, 4) is 0 Å². The number of rotatable bonds is 3. The molecule has 0 aliphatic rings. The monoisotopic (exact) mass is 246 g/mol. The lowest BCUT2D eigenvalue weighted by molar-refractivity contribution is -0.116. The van der Waals surface area contributed by atoms with Gasteiger partial charge in [0.2, 0.25) is 0 Å². The minimum atomic E-state index is -0.558. The van der Waals surface area contributed by atoms with Gasteiger partial charge in [-0.05, 0) is 34.6 Å². The Morgan fingerprint density at radius 3 is 1.76 bits per heavy atom. The molecular weight excluding hydrogens is 224 g/mol. The summed E-state index contributed by atoms with van der Waals surface area (Å²) in [4.78, 5) is 31.0. The van der Waals surface area contributed by atoms with Gasteiger partial charge < -0.3 is 15.8 Å². The van der Waals surface area contributed by atoms with Gasteiger partial charge in [0, 0.05) is 0 Å². The van der Waals surface area contributed by atoms with Gasteiger partial charge in [-0.25, -0.2) is 4.79 Å². The lowest BCUT2D eigenvalue weighted by atomic mass is 10.2. The maximum atomic E-state index is 10.9. The number of alkyl carbamates (subject to hydrolysis) is 1. The second-order valence-corrected chi connectivity index (χ2v) is 4.46. The highest BCUT2D eigenvalue weighted by molar-refractivity contribution is 5.81. The summed E-state index contributed by atoms with van der Waals surface area (Å²) in [6.07, 6.45) is -0.558. The molecule has 3 N–H and O–H groups in total. The highest BCUT2D eigenvalue weighted by Gasteiger charge is 2.15. The van der Waals surface area contributed by atoms with Crippen molar-refractivity contribution in [2.45, 2.75) is 40.2 Å². The third-order valence-corrected chi connectivity index (χ3v) is 1.17. The summed E-state index contributed by atoms with van der Waals surface area (Å²) in [5, 5.41) is 2.33. The molecule has 0 aromatic rings. The molecule has 0 aromatic carbocycles. The normalized spacial score (nSPS) is 9.76. The van der Waals surface area contributed by atoms with Crippen LogP contribution in [0.3, 0.4) is 0 Å². The molecule has 0 heterocycles. The summed E-state index contributed by atoms with van der Waals surface area (Å²) < 4.78 is 4.89. The van der Waals surface area contributed by atoms with E-state index in [2.05, 4.69) is 5.32 Å². The van der Waals surface area contributed by atoms with E-state index in [-0.39, 0.29) is 24.7 Å². The fourth-order valence-electron chi connectivity index (χ4n) is 0.511. The van der Waals surface area contributed by atoms with Crippen molar-refractivity contribution < 1.29 is 19.1 Å². The van der Waals surface area contributed by atoms with Crippen molar-refractivity contribution in [1.82, 2.24) is 5.32 Å². The van der Waals surface area contributed by atoms with Crippen molar-refractivity contribution in [2.75, 3.05) is 13.1 Å². The second kappa shape index (κ2) is 8.69. The van der Waals surface area contributed by atoms with Crippen LogP contribution in [0.1, 0.15) is 34.6 Å². The van der Waals surface area contributed by atoms with Gasteiger partial charge >= 0.3 is 6.09 Å². The quantitative estimate of drug-likeness (QED) is 0.761. The SMILES string of the molecule is CC(=O)CN.CC(=O)CNC(=O)OC(C)(C)C. The van der Waals surface area contributed by atoms with Crippen LogP contribution in [-0.2, 0) is 14.3 Å². The number of ketones is 2. The van der Waals surface area contributed by atoms with Crippen molar-refractivity contribution >= 4 is 17.7 Å². The Morgan fingerprint density at radius 2 is 1.53 bits per heavy atom. The summed E-state index contributed by atoms with van der Waals surface area (Å²) in [5.74, 6) is -0.0640. The highest BCUT2D eigenvalue weighted by Crippen LogP contribution is 2.05. The average Bonchev–Trinajstić information content (AvgIpc) is 2.13. The van der Waals surface area contributed by atoms with Gasteiger partial charge in [0.25, 0.3) is 0 Å². The molecule has 0 rings (SSSR count). The average molecular weight is 246 g/mol. The predicted molar refractivity (Wildman–Crippen MR) is 64.7 cm³/mol. The number of hydrogen-bond acceptors (Lipinski definition) is 5. The first-order valence-corrected chi connectivity index (χ1v) is 5.24. The van der Waals surface area contributed by atoms with Gasteiger partial charge in [-0.2, -0.15) is 0 Å². The summed E-state index contributed by atoms with van der Waals surface area (Å²) in [6.45, 7) is 8.34. The summed E-state index contributed by atoms with van der Waals surface area (Å²) in [7, 11) is 0. The van der Waals surface area contributed by atoms with Crippen LogP contribution in [0.25, 0.3) is 0 Å². The second-order valence-electron chi connectivity index (χ2n) is 4.46. The Morgan fingerprint density at radius 1 is 1.12 bits per heavy atom. The Bertz CT molecular complexity index is 269. The lowest BCUT2D eigenvalue weighted by Gasteiger charge is -2.19. The summed E-state index contributed by atoms with van der Waals surface area (Å²) in [6, 6.07) is 0. The molecule has 100 valence electrons. The third-order valence-electron chi connectivity index (χ3n) is 1.17. The summed E-state index contributed by atoms with van der Waals surface area (Å²) >= 11 is 0. The number of amides is 1. The lowest BCUT2D eigenvalue weighted by Crippen LogP contribution is -2.34. The molecule has 0 radical (unpaired) electrons. The van der Waals surface area contributed by atoms with Crippen LogP contribution in [-0.4, -0.2) is 36.4 Å². The maximum absolute atomic E-state index is 10.9. The van der Waals surface area contributed by atoms with Gasteiger partial charge in [-0.15, -0.1) is 0 Å². The molecule has 0 saturated carbocycles. The van der Waals surface area contributed by atoms with E-state index in [9.17, 15) is 14.4 Å². The molecule has 0 saturated heterocycles. The molecule has 17 heavy (non-hydrogen) atoms. The molecule has 6 heteroatoms. The minimum absolute atomic E-state index is 0.0227. The highest BCUT2D eigenvalue weighted by atomic mass is 16.6. The van der Waals surface area contributed by atoms with Gasteiger partial charge in [0.1, 0.15) is 17.2 Å². The van der Waals surface area contributed by atoms with E-state index in [0.29, 0.717) is 0 Å². The number of carbonyl (C=O) groups excluding carboxylic acids is 3. The van der Waals surface area contributed by atoms with Crippen molar-refractivity contribution in [1.29, 1.82) is 0 Å². The smallest absolute Gasteiger partial charge is 0.408 e. The van der Waals surface area contributed by atoms with Crippen LogP contribution in [0.2, 0.25) is 0 Å². The first-order chi connectivity index (χ1) is 7.58. The number of carbonyl (C=O) groups is 3. The van der Waals surface area contributed by atoms with Crippen LogP contribution >= 0.6 is 0 Å². The van der Waals surface area contributed by atoms with E-state index >= 15 is 0 Å². The largest absolute Gasteiger partial charge is 0.444 e. The van der Waals surface area contributed by atoms with Gasteiger partial charge in [-0.1, -0.05) is 0 Å². The molecule has 0 atom stereocenters. The fraction of sp³-hybridized carbons (Fsp3) is 0.727. The predicted octanol–water partition coefficient (Wildman–Crippen LogP) is 0.634.